The Morgan fingerprint density at radius 1 is 0.917 bits per heavy atom. The quantitative estimate of drug-likeness (QED) is 0.0541. The van der Waals surface area contributed by atoms with E-state index in [0.717, 1.165) is 29.8 Å². The van der Waals surface area contributed by atoms with Crippen LogP contribution < -0.4 is 26.2 Å². The molecular weight excluding hydrogens is 765 g/mol. The molecule has 60 heavy (non-hydrogen) atoms. The molecule has 4 aromatic carbocycles. The van der Waals surface area contributed by atoms with Crippen LogP contribution in [-0.2, 0) is 20.9 Å². The fourth-order valence-corrected chi connectivity index (χ4v) is 7.40. The van der Waals surface area contributed by atoms with Crippen LogP contribution in [0.3, 0.4) is 0 Å². The normalized spacial score (nSPS) is 13.7. The molecule has 5 aromatic rings. The summed E-state index contributed by atoms with van der Waals surface area (Å²) in [6, 6.07) is 28.9. The van der Waals surface area contributed by atoms with E-state index < -0.39 is 12.2 Å². The summed E-state index contributed by atoms with van der Waals surface area (Å²) in [5, 5.41) is 30.6. The standard InChI is InChI=1S/C46H54N6O8/c1-51(44(57)23-27-52-25-21-34(22-26-52)60-46(58)49-38-13-7-6-12-35(38)31-10-4-3-5-11-31)24-9-8-14-42(55)48-33-16-15-32(41(28-33)59-2)29-47-30-40(54)36-17-19-39(53)45-37(36)18-20-43(56)50-45/h3-7,10-13,15-20,28,34,40,47,53-54H,8-9,14,21-27,29-30H2,1-2H3,(H,48,55)(H,49,58)(H,50,56). The lowest BCUT2D eigenvalue weighted by molar-refractivity contribution is -0.130. The predicted octanol–water partition coefficient (Wildman–Crippen LogP) is 6.40. The van der Waals surface area contributed by atoms with Gasteiger partial charge in [-0.2, -0.15) is 0 Å². The number of nitrogens with one attached hydrogen (secondary N) is 4. The van der Waals surface area contributed by atoms with E-state index in [0.29, 0.717) is 86.2 Å². The molecule has 6 N–H and O–H groups in total. The number of carbonyl (C=O) groups excluding carboxylic acids is 3. The molecule has 0 bridgehead atoms. The number of aromatic amines is 1. The highest BCUT2D eigenvalue weighted by molar-refractivity contribution is 5.92. The summed E-state index contributed by atoms with van der Waals surface area (Å²) in [5.74, 6) is 0.420. The summed E-state index contributed by atoms with van der Waals surface area (Å²) < 4.78 is 11.3. The average Bonchev–Trinajstić information content (AvgIpc) is 3.25. The number of aromatic hydroxyl groups is 1. The van der Waals surface area contributed by atoms with Gasteiger partial charge in [0.15, 0.2) is 0 Å². The second kappa shape index (κ2) is 21.2. The van der Waals surface area contributed by atoms with E-state index in [9.17, 15) is 29.4 Å². The molecule has 3 amide bonds. The number of unbranched alkanes of at least 4 members (excludes halogenated alkanes) is 1. The first kappa shape index (κ1) is 43.4. The third-order valence-corrected chi connectivity index (χ3v) is 10.8. The molecular formula is C46H54N6O8. The number of fused-ring (bicyclic) bond motifs is 1. The molecule has 1 fully saturated rings. The predicted molar refractivity (Wildman–Crippen MR) is 232 cm³/mol. The van der Waals surface area contributed by atoms with E-state index >= 15 is 0 Å². The fraction of sp³-hybridized carbons (Fsp3) is 0.348. The number of rotatable bonds is 18. The average molecular weight is 819 g/mol. The van der Waals surface area contributed by atoms with Crippen molar-refractivity contribution in [2.24, 2.45) is 0 Å². The minimum absolute atomic E-state index is 0.0527. The monoisotopic (exact) mass is 818 g/mol. The molecule has 316 valence electrons. The van der Waals surface area contributed by atoms with Crippen LogP contribution in [0.25, 0.3) is 22.0 Å². The van der Waals surface area contributed by atoms with Crippen LogP contribution in [0.1, 0.15) is 55.8 Å². The molecule has 14 nitrogen and oxygen atoms in total. The van der Waals surface area contributed by atoms with Crippen molar-refractivity contribution in [2.75, 3.05) is 57.5 Å². The zero-order valence-electron chi connectivity index (χ0n) is 34.1. The van der Waals surface area contributed by atoms with Crippen LogP contribution in [0.2, 0.25) is 0 Å². The number of H-pyrrole nitrogens is 1. The number of aromatic nitrogens is 1. The Hall–Kier alpha value is -6.22. The number of methoxy groups -OCH3 is 1. The number of amides is 3. The van der Waals surface area contributed by atoms with Gasteiger partial charge in [0.25, 0.3) is 0 Å². The maximum absolute atomic E-state index is 12.9. The summed E-state index contributed by atoms with van der Waals surface area (Å²) in [4.78, 5) is 56.7. The van der Waals surface area contributed by atoms with E-state index in [4.69, 9.17) is 9.47 Å². The Balaban J connectivity index is 0.842. The van der Waals surface area contributed by atoms with Crippen molar-refractivity contribution in [3.8, 4) is 22.6 Å². The number of pyridine rings is 1. The van der Waals surface area contributed by atoms with Crippen molar-refractivity contribution in [2.45, 2.75) is 57.3 Å². The summed E-state index contributed by atoms with van der Waals surface area (Å²) in [6.45, 7) is 3.25. The molecule has 1 atom stereocenters. The van der Waals surface area contributed by atoms with Gasteiger partial charge in [-0.25, -0.2) is 4.79 Å². The van der Waals surface area contributed by atoms with Crippen molar-refractivity contribution in [1.82, 2.24) is 20.1 Å². The molecule has 0 aliphatic carbocycles. The van der Waals surface area contributed by atoms with Gasteiger partial charge >= 0.3 is 6.09 Å². The van der Waals surface area contributed by atoms with Gasteiger partial charge in [0.1, 0.15) is 17.6 Å². The lowest BCUT2D eigenvalue weighted by atomic mass is 10.0. The second-order valence-corrected chi connectivity index (χ2v) is 15.0. The summed E-state index contributed by atoms with van der Waals surface area (Å²) >= 11 is 0. The largest absolute Gasteiger partial charge is 0.506 e. The number of phenolic OH excluding ortho intramolecular Hbond substituents is 1. The minimum atomic E-state index is -0.907. The summed E-state index contributed by atoms with van der Waals surface area (Å²) in [7, 11) is 3.34. The van der Waals surface area contributed by atoms with Gasteiger partial charge in [0.2, 0.25) is 17.4 Å². The lowest BCUT2D eigenvalue weighted by Crippen LogP contribution is -2.40. The zero-order chi connectivity index (χ0) is 42.4. The number of piperidine rings is 1. The van der Waals surface area contributed by atoms with E-state index in [-0.39, 0.29) is 41.3 Å². The first-order valence-electron chi connectivity index (χ1n) is 20.4. The number of aliphatic hydroxyl groups excluding tert-OH is 1. The Morgan fingerprint density at radius 2 is 1.68 bits per heavy atom. The molecule has 2 heterocycles. The number of anilines is 2. The fourth-order valence-electron chi connectivity index (χ4n) is 7.40. The van der Waals surface area contributed by atoms with Gasteiger partial charge in [-0.3, -0.25) is 19.7 Å². The van der Waals surface area contributed by atoms with Crippen LogP contribution in [0, 0.1) is 0 Å². The molecule has 0 spiro atoms. The number of ether oxygens (including phenoxy) is 2. The Labute approximate surface area is 349 Å². The van der Waals surface area contributed by atoms with Gasteiger partial charge in [0, 0.05) is 93.5 Å². The van der Waals surface area contributed by atoms with Gasteiger partial charge in [-0.05, 0) is 61.1 Å². The van der Waals surface area contributed by atoms with Crippen molar-refractivity contribution in [3.05, 3.63) is 119 Å². The number of aliphatic hydroxyl groups is 1. The lowest BCUT2D eigenvalue weighted by Gasteiger charge is -2.31. The molecule has 0 radical (unpaired) electrons. The van der Waals surface area contributed by atoms with E-state index in [2.05, 4.69) is 25.8 Å². The Kier molecular flexibility index (Phi) is 15.3. The van der Waals surface area contributed by atoms with Crippen LogP contribution in [0.15, 0.2) is 102 Å². The molecule has 0 saturated carbocycles. The second-order valence-electron chi connectivity index (χ2n) is 15.0. The first-order valence-corrected chi connectivity index (χ1v) is 20.4. The number of para-hydroxylation sites is 1. The third kappa shape index (κ3) is 11.9. The van der Waals surface area contributed by atoms with Gasteiger partial charge in [-0.15, -0.1) is 0 Å². The van der Waals surface area contributed by atoms with Crippen molar-refractivity contribution in [1.29, 1.82) is 0 Å². The molecule has 1 aliphatic rings. The zero-order valence-corrected chi connectivity index (χ0v) is 34.1. The molecule has 1 unspecified atom stereocenters. The first-order chi connectivity index (χ1) is 29.1. The smallest absolute Gasteiger partial charge is 0.411 e. The van der Waals surface area contributed by atoms with Crippen molar-refractivity contribution >= 4 is 40.2 Å². The highest BCUT2D eigenvalue weighted by Gasteiger charge is 2.24. The number of benzene rings is 4. The van der Waals surface area contributed by atoms with Gasteiger partial charge < -0.3 is 45.1 Å². The highest BCUT2D eigenvalue weighted by Crippen LogP contribution is 2.30. The Bertz CT molecular complexity index is 2290. The van der Waals surface area contributed by atoms with Crippen LogP contribution in [0.4, 0.5) is 16.2 Å². The molecule has 14 heteroatoms. The highest BCUT2D eigenvalue weighted by atomic mass is 16.6. The number of likely N-dealkylation sites (tertiary alicyclic amines) is 1. The number of hydrogen-bond donors (Lipinski definition) is 6. The summed E-state index contributed by atoms with van der Waals surface area (Å²) in [6.07, 6.45) is 1.85. The molecule has 1 aromatic heterocycles. The molecule has 1 aliphatic heterocycles. The van der Waals surface area contributed by atoms with E-state index in [1.54, 1.807) is 43.3 Å². The van der Waals surface area contributed by atoms with Crippen LogP contribution in [-0.4, -0.2) is 95.9 Å². The van der Waals surface area contributed by atoms with Crippen molar-refractivity contribution in [3.63, 3.8) is 0 Å². The van der Waals surface area contributed by atoms with E-state index in [1.165, 1.54) is 12.1 Å². The van der Waals surface area contributed by atoms with Gasteiger partial charge in [-0.1, -0.05) is 60.7 Å². The van der Waals surface area contributed by atoms with E-state index in [1.807, 2.05) is 60.7 Å². The molecule has 6 rings (SSSR count). The van der Waals surface area contributed by atoms with Gasteiger partial charge in [0.05, 0.1) is 24.4 Å². The summed E-state index contributed by atoms with van der Waals surface area (Å²) in [5.41, 5.74) is 4.56. The maximum Gasteiger partial charge on any atom is 0.411 e. The number of hydrogen-bond acceptors (Lipinski definition) is 10. The number of carbonyl (C=O) groups is 3. The molecule has 1 saturated heterocycles. The number of phenols is 1. The van der Waals surface area contributed by atoms with Crippen molar-refractivity contribution < 1.29 is 34.1 Å². The minimum Gasteiger partial charge on any atom is -0.506 e. The van der Waals surface area contributed by atoms with Crippen LogP contribution >= 0.6 is 0 Å². The number of nitrogens with zero attached hydrogens (tertiary/aromatic N) is 2. The topological polar surface area (TPSA) is 186 Å². The van der Waals surface area contributed by atoms with Crippen LogP contribution in [0.5, 0.6) is 11.5 Å². The Morgan fingerprint density at radius 3 is 2.47 bits per heavy atom. The SMILES string of the molecule is COc1cc(NC(=O)CCCCN(C)C(=O)CCN2CCC(OC(=O)Nc3ccccc3-c3ccccc3)CC2)ccc1CNCC(O)c1ccc(O)c2[nH]c(=O)ccc12. The maximum atomic E-state index is 12.9. The third-order valence-electron chi connectivity index (χ3n) is 10.8.